The van der Waals surface area contributed by atoms with Crippen LogP contribution in [0.1, 0.15) is 33.6 Å². The van der Waals surface area contributed by atoms with Crippen molar-refractivity contribution in [2.24, 2.45) is 0 Å². The summed E-state index contributed by atoms with van der Waals surface area (Å²) < 4.78 is 10.4. The summed E-state index contributed by atoms with van der Waals surface area (Å²) in [6.45, 7) is 10.3. The Morgan fingerprint density at radius 2 is 2.07 bits per heavy atom. The Morgan fingerprint density at radius 1 is 1.43 bits per heavy atom. The van der Waals surface area contributed by atoms with Gasteiger partial charge in [0.05, 0.1) is 5.60 Å². The molecule has 0 heterocycles. The number of hydrogen-bond acceptors (Lipinski definition) is 2. The first kappa shape index (κ1) is 13.4. The van der Waals surface area contributed by atoms with Gasteiger partial charge in [0.2, 0.25) is 0 Å². The van der Waals surface area contributed by atoms with Crippen molar-refractivity contribution >= 4 is 0 Å². The number of allylic oxidation sites excluding steroid dienone is 2. The first-order chi connectivity index (χ1) is 6.54. The van der Waals surface area contributed by atoms with E-state index in [-0.39, 0.29) is 5.60 Å². The molecule has 0 spiro atoms. The Hall–Kier alpha value is -0.600. The van der Waals surface area contributed by atoms with Crippen LogP contribution in [-0.4, -0.2) is 19.5 Å². The molecule has 0 aliphatic rings. The Labute approximate surface area is 87.6 Å². The fourth-order valence-corrected chi connectivity index (χ4v) is 1.07. The maximum atomic E-state index is 5.54. The van der Waals surface area contributed by atoms with Gasteiger partial charge >= 0.3 is 0 Å². The van der Waals surface area contributed by atoms with Crippen LogP contribution in [-0.2, 0) is 9.47 Å². The molecule has 2 heteroatoms. The molecule has 0 amide bonds. The molecule has 0 N–H and O–H groups in total. The number of hydrogen-bond donors (Lipinski definition) is 0. The standard InChI is InChI=1S/C12H22O2/c1-6-12(4,14-10-13-5)9-7-8-11(2)3/h6,8H,1,7,9-10H2,2-5H3/t12-/m0/s1. The topological polar surface area (TPSA) is 18.5 Å². The number of ether oxygens (including phenoxy) is 2. The van der Waals surface area contributed by atoms with Crippen LogP contribution >= 0.6 is 0 Å². The monoisotopic (exact) mass is 198 g/mol. The molecule has 82 valence electrons. The molecule has 0 radical (unpaired) electrons. The van der Waals surface area contributed by atoms with Gasteiger partial charge in [0.25, 0.3) is 0 Å². The molecule has 0 saturated carbocycles. The van der Waals surface area contributed by atoms with Crippen molar-refractivity contribution in [2.75, 3.05) is 13.9 Å². The summed E-state index contributed by atoms with van der Waals surface area (Å²) in [5, 5.41) is 0. The predicted octanol–water partition coefficient (Wildman–Crippen LogP) is 3.30. The molecule has 1 atom stereocenters. The molecule has 0 aromatic heterocycles. The lowest BCUT2D eigenvalue weighted by Crippen LogP contribution is -2.26. The van der Waals surface area contributed by atoms with Crippen LogP contribution in [0.3, 0.4) is 0 Å². The van der Waals surface area contributed by atoms with Gasteiger partial charge in [-0.1, -0.05) is 17.7 Å². The predicted molar refractivity (Wildman–Crippen MR) is 60.2 cm³/mol. The molecule has 0 rings (SSSR count). The molecule has 0 aromatic carbocycles. The second kappa shape index (κ2) is 6.80. The minimum Gasteiger partial charge on any atom is -0.359 e. The average molecular weight is 198 g/mol. The van der Waals surface area contributed by atoms with Crippen molar-refractivity contribution < 1.29 is 9.47 Å². The van der Waals surface area contributed by atoms with E-state index in [9.17, 15) is 0 Å². The number of rotatable bonds is 7. The first-order valence-electron chi connectivity index (χ1n) is 4.94. The van der Waals surface area contributed by atoms with E-state index in [2.05, 4.69) is 26.5 Å². The van der Waals surface area contributed by atoms with Crippen molar-refractivity contribution in [3.63, 3.8) is 0 Å². The van der Waals surface area contributed by atoms with Gasteiger partial charge in [-0.3, -0.25) is 0 Å². The van der Waals surface area contributed by atoms with Gasteiger partial charge in [-0.15, -0.1) is 6.58 Å². The Bertz CT molecular complexity index is 192. The molecule has 0 aromatic rings. The van der Waals surface area contributed by atoms with Gasteiger partial charge in [-0.05, 0) is 33.6 Å². The molecule has 0 saturated heterocycles. The average Bonchev–Trinajstić information content (AvgIpc) is 2.14. The Morgan fingerprint density at radius 3 is 2.50 bits per heavy atom. The molecule has 0 unspecified atom stereocenters. The van der Waals surface area contributed by atoms with Crippen molar-refractivity contribution in [2.45, 2.75) is 39.2 Å². The summed E-state index contributed by atoms with van der Waals surface area (Å²) >= 11 is 0. The van der Waals surface area contributed by atoms with Gasteiger partial charge in [-0.25, -0.2) is 0 Å². The molecule has 14 heavy (non-hydrogen) atoms. The summed E-state index contributed by atoms with van der Waals surface area (Å²) in [7, 11) is 1.62. The summed E-state index contributed by atoms with van der Waals surface area (Å²) in [5.74, 6) is 0. The van der Waals surface area contributed by atoms with Crippen LogP contribution in [0.15, 0.2) is 24.3 Å². The molecular weight excluding hydrogens is 176 g/mol. The van der Waals surface area contributed by atoms with Crippen LogP contribution in [0.25, 0.3) is 0 Å². The highest BCUT2D eigenvalue weighted by Gasteiger charge is 2.19. The van der Waals surface area contributed by atoms with Crippen LogP contribution in [0.2, 0.25) is 0 Å². The minimum absolute atomic E-state index is 0.276. The normalized spacial score (nSPS) is 14.6. The maximum Gasteiger partial charge on any atom is 0.147 e. The molecule has 2 nitrogen and oxygen atoms in total. The van der Waals surface area contributed by atoms with E-state index in [0.29, 0.717) is 6.79 Å². The van der Waals surface area contributed by atoms with Gasteiger partial charge in [0, 0.05) is 7.11 Å². The van der Waals surface area contributed by atoms with E-state index in [1.165, 1.54) is 5.57 Å². The highest BCUT2D eigenvalue weighted by molar-refractivity contribution is 4.98. The summed E-state index contributed by atoms with van der Waals surface area (Å²) in [6.07, 6.45) is 5.99. The van der Waals surface area contributed by atoms with Gasteiger partial charge < -0.3 is 9.47 Å². The summed E-state index contributed by atoms with van der Waals surface area (Å²) in [6, 6.07) is 0. The Balaban J connectivity index is 3.98. The molecular formula is C12H22O2. The van der Waals surface area contributed by atoms with Crippen LogP contribution < -0.4 is 0 Å². The third-order valence-corrected chi connectivity index (χ3v) is 2.13. The van der Waals surface area contributed by atoms with E-state index >= 15 is 0 Å². The highest BCUT2D eigenvalue weighted by atomic mass is 16.7. The highest BCUT2D eigenvalue weighted by Crippen LogP contribution is 2.19. The third kappa shape index (κ3) is 5.95. The summed E-state index contributed by atoms with van der Waals surface area (Å²) in [5.41, 5.74) is 1.06. The third-order valence-electron chi connectivity index (χ3n) is 2.13. The van der Waals surface area contributed by atoms with Crippen LogP contribution in [0.4, 0.5) is 0 Å². The smallest absolute Gasteiger partial charge is 0.147 e. The zero-order valence-corrected chi connectivity index (χ0v) is 9.80. The lowest BCUT2D eigenvalue weighted by Gasteiger charge is -2.25. The quantitative estimate of drug-likeness (QED) is 0.461. The van der Waals surface area contributed by atoms with Crippen molar-refractivity contribution in [3.8, 4) is 0 Å². The Kier molecular flexibility index (Phi) is 6.50. The second-order valence-corrected chi connectivity index (χ2v) is 3.89. The maximum absolute atomic E-state index is 5.54. The second-order valence-electron chi connectivity index (χ2n) is 3.89. The van der Waals surface area contributed by atoms with Crippen molar-refractivity contribution in [1.29, 1.82) is 0 Å². The van der Waals surface area contributed by atoms with Gasteiger partial charge in [0.15, 0.2) is 0 Å². The van der Waals surface area contributed by atoms with Gasteiger partial charge in [0.1, 0.15) is 6.79 Å². The lowest BCUT2D eigenvalue weighted by molar-refractivity contribution is -0.102. The fourth-order valence-electron chi connectivity index (χ4n) is 1.07. The fraction of sp³-hybridized carbons (Fsp3) is 0.667. The van der Waals surface area contributed by atoms with E-state index in [1.807, 2.05) is 13.0 Å². The van der Waals surface area contributed by atoms with Crippen LogP contribution in [0.5, 0.6) is 0 Å². The largest absolute Gasteiger partial charge is 0.359 e. The SMILES string of the molecule is C=C[C@@](C)(CCC=C(C)C)OCOC. The van der Waals surface area contributed by atoms with Crippen LogP contribution in [0, 0.1) is 0 Å². The van der Waals surface area contributed by atoms with E-state index in [1.54, 1.807) is 7.11 Å². The minimum atomic E-state index is -0.276. The van der Waals surface area contributed by atoms with Gasteiger partial charge in [-0.2, -0.15) is 0 Å². The number of methoxy groups -OCH3 is 1. The summed E-state index contributed by atoms with van der Waals surface area (Å²) in [4.78, 5) is 0. The van der Waals surface area contributed by atoms with E-state index in [4.69, 9.17) is 9.47 Å². The first-order valence-corrected chi connectivity index (χ1v) is 4.94. The molecule has 0 aliphatic heterocycles. The zero-order valence-electron chi connectivity index (χ0n) is 9.80. The molecule has 0 aliphatic carbocycles. The van der Waals surface area contributed by atoms with Crippen molar-refractivity contribution in [1.82, 2.24) is 0 Å². The lowest BCUT2D eigenvalue weighted by atomic mass is 9.99. The molecule has 0 fully saturated rings. The van der Waals surface area contributed by atoms with E-state index in [0.717, 1.165) is 12.8 Å². The van der Waals surface area contributed by atoms with E-state index < -0.39 is 0 Å². The van der Waals surface area contributed by atoms with Crippen molar-refractivity contribution in [3.05, 3.63) is 24.3 Å². The zero-order chi connectivity index (χ0) is 11.0. The molecule has 0 bridgehead atoms.